The van der Waals surface area contributed by atoms with Crippen molar-refractivity contribution in [1.29, 1.82) is 0 Å². The number of sulfonamides is 1. The lowest BCUT2D eigenvalue weighted by atomic mass is 10.2. The Hall–Kier alpha value is -2.87. The molecule has 34 heavy (non-hydrogen) atoms. The van der Waals surface area contributed by atoms with Crippen LogP contribution in [0.5, 0.6) is 0 Å². The standard InChI is InChI=1S/C20H26F3N7O3S/c1-34(32,33)26-17-6-9-30(25-17)19(31)29-12-10-27(11-13-29)14-15-4-5-16(20(21,22)23)24-18(15)28-7-2-3-8-28/h4-6,9H,2-3,7-8,10-14H2,1H3,(H,25,26). The number of piperazine rings is 1. The average molecular weight is 502 g/mol. The predicted octanol–water partition coefficient (Wildman–Crippen LogP) is 2.05. The molecule has 2 aliphatic heterocycles. The third-order valence-corrected chi connectivity index (χ3v) is 6.34. The summed E-state index contributed by atoms with van der Waals surface area (Å²) in [5, 5.41) is 3.96. The summed E-state index contributed by atoms with van der Waals surface area (Å²) in [5.74, 6) is 0.437. The fourth-order valence-electron chi connectivity index (χ4n) is 4.12. The lowest BCUT2D eigenvalue weighted by Gasteiger charge is -2.35. The SMILES string of the molecule is CS(=O)(=O)Nc1ccn(C(=O)N2CCN(Cc3ccc(C(F)(F)F)nc3N3CCCC3)CC2)n1. The number of nitrogens with one attached hydrogen (secondary N) is 1. The fraction of sp³-hybridized carbons (Fsp3) is 0.550. The van der Waals surface area contributed by atoms with Crippen molar-refractivity contribution >= 4 is 27.7 Å². The van der Waals surface area contributed by atoms with E-state index >= 15 is 0 Å². The summed E-state index contributed by atoms with van der Waals surface area (Å²) >= 11 is 0. The Balaban J connectivity index is 1.40. The first-order valence-electron chi connectivity index (χ1n) is 10.9. The van der Waals surface area contributed by atoms with Crippen molar-refractivity contribution < 1.29 is 26.4 Å². The summed E-state index contributed by atoms with van der Waals surface area (Å²) < 4.78 is 65.6. The monoisotopic (exact) mass is 501 g/mol. The topological polar surface area (TPSA) is 104 Å². The van der Waals surface area contributed by atoms with E-state index in [1.165, 1.54) is 18.3 Å². The maximum absolute atomic E-state index is 13.2. The second-order valence-corrected chi connectivity index (χ2v) is 10.2. The van der Waals surface area contributed by atoms with Crippen LogP contribution in [0.3, 0.4) is 0 Å². The number of nitrogens with zero attached hydrogens (tertiary/aromatic N) is 6. The number of rotatable bonds is 5. The Bertz CT molecular complexity index is 1140. The first kappa shape index (κ1) is 24.3. The van der Waals surface area contributed by atoms with E-state index in [1.807, 2.05) is 4.90 Å². The molecule has 4 heterocycles. The summed E-state index contributed by atoms with van der Waals surface area (Å²) in [5.41, 5.74) is -0.157. The van der Waals surface area contributed by atoms with Crippen molar-refractivity contribution in [2.45, 2.75) is 25.6 Å². The number of halogens is 3. The van der Waals surface area contributed by atoms with Crippen LogP contribution in [0.2, 0.25) is 0 Å². The van der Waals surface area contributed by atoms with Gasteiger partial charge in [0.15, 0.2) is 5.82 Å². The van der Waals surface area contributed by atoms with Gasteiger partial charge in [0.2, 0.25) is 10.0 Å². The first-order chi connectivity index (χ1) is 16.0. The third kappa shape index (κ3) is 5.78. The number of hydrogen-bond acceptors (Lipinski definition) is 7. The van der Waals surface area contributed by atoms with E-state index in [-0.39, 0.29) is 11.8 Å². The van der Waals surface area contributed by atoms with Crippen LogP contribution in [0.4, 0.5) is 29.6 Å². The molecule has 2 fully saturated rings. The molecular weight excluding hydrogens is 475 g/mol. The Labute approximate surface area is 195 Å². The number of carbonyl (C=O) groups is 1. The molecule has 0 unspecified atom stereocenters. The Morgan fingerprint density at radius 2 is 1.74 bits per heavy atom. The van der Waals surface area contributed by atoms with E-state index in [1.54, 1.807) is 4.90 Å². The highest BCUT2D eigenvalue weighted by atomic mass is 32.2. The first-order valence-corrected chi connectivity index (χ1v) is 12.8. The van der Waals surface area contributed by atoms with E-state index in [4.69, 9.17) is 0 Å². The molecule has 1 N–H and O–H groups in total. The van der Waals surface area contributed by atoms with Crippen LogP contribution in [0.25, 0.3) is 0 Å². The van der Waals surface area contributed by atoms with Crippen LogP contribution >= 0.6 is 0 Å². The molecule has 186 valence electrons. The zero-order valence-electron chi connectivity index (χ0n) is 18.6. The van der Waals surface area contributed by atoms with Crippen molar-refractivity contribution in [3.05, 3.63) is 35.7 Å². The van der Waals surface area contributed by atoms with Crippen molar-refractivity contribution in [3.8, 4) is 0 Å². The molecule has 1 amide bonds. The van der Waals surface area contributed by atoms with Gasteiger partial charge in [-0.1, -0.05) is 6.07 Å². The maximum Gasteiger partial charge on any atom is 0.433 e. The van der Waals surface area contributed by atoms with Gasteiger partial charge in [-0.15, -0.1) is 5.10 Å². The highest BCUT2D eigenvalue weighted by molar-refractivity contribution is 7.92. The smallest absolute Gasteiger partial charge is 0.356 e. The van der Waals surface area contributed by atoms with E-state index in [9.17, 15) is 26.4 Å². The highest BCUT2D eigenvalue weighted by Crippen LogP contribution is 2.32. The number of pyridine rings is 1. The van der Waals surface area contributed by atoms with Gasteiger partial charge in [-0.2, -0.15) is 17.9 Å². The maximum atomic E-state index is 13.2. The third-order valence-electron chi connectivity index (χ3n) is 5.76. The van der Waals surface area contributed by atoms with Crippen molar-refractivity contribution in [1.82, 2.24) is 24.6 Å². The molecule has 2 aromatic rings. The van der Waals surface area contributed by atoms with Gasteiger partial charge in [0, 0.05) is 63.6 Å². The van der Waals surface area contributed by atoms with E-state index < -0.39 is 21.9 Å². The van der Waals surface area contributed by atoms with Crippen LogP contribution in [0.15, 0.2) is 24.4 Å². The van der Waals surface area contributed by atoms with Gasteiger partial charge in [0.1, 0.15) is 11.5 Å². The molecule has 0 aliphatic carbocycles. The Kier molecular flexibility index (Phi) is 6.71. The average Bonchev–Trinajstić information content (AvgIpc) is 3.44. The molecule has 0 radical (unpaired) electrons. The lowest BCUT2D eigenvalue weighted by molar-refractivity contribution is -0.141. The van der Waals surface area contributed by atoms with Gasteiger partial charge >= 0.3 is 12.2 Å². The molecule has 2 saturated heterocycles. The van der Waals surface area contributed by atoms with E-state index in [0.717, 1.165) is 35.4 Å². The summed E-state index contributed by atoms with van der Waals surface area (Å²) in [4.78, 5) is 22.2. The van der Waals surface area contributed by atoms with Crippen LogP contribution in [0, 0.1) is 0 Å². The van der Waals surface area contributed by atoms with Gasteiger partial charge in [-0.3, -0.25) is 9.62 Å². The van der Waals surface area contributed by atoms with Crippen LogP contribution in [-0.2, 0) is 22.7 Å². The number of carbonyl (C=O) groups excluding carboxylic acids is 1. The highest BCUT2D eigenvalue weighted by Gasteiger charge is 2.34. The largest absolute Gasteiger partial charge is 0.433 e. The van der Waals surface area contributed by atoms with E-state index in [0.29, 0.717) is 51.6 Å². The molecular formula is C20H26F3N7O3S. The number of alkyl halides is 3. The number of amides is 1. The molecule has 14 heteroatoms. The summed E-state index contributed by atoms with van der Waals surface area (Å²) in [6, 6.07) is 3.54. The second-order valence-electron chi connectivity index (χ2n) is 8.44. The molecule has 2 aliphatic rings. The fourth-order valence-corrected chi connectivity index (χ4v) is 4.61. The molecule has 2 aromatic heterocycles. The summed E-state index contributed by atoms with van der Waals surface area (Å²) in [7, 11) is -3.50. The molecule has 0 aromatic carbocycles. The number of hydrogen-bond donors (Lipinski definition) is 1. The van der Waals surface area contributed by atoms with Crippen LogP contribution in [-0.4, -0.2) is 84.5 Å². The minimum Gasteiger partial charge on any atom is -0.356 e. The molecule has 0 spiro atoms. The zero-order valence-corrected chi connectivity index (χ0v) is 19.4. The van der Waals surface area contributed by atoms with Crippen molar-refractivity contribution in [2.24, 2.45) is 0 Å². The van der Waals surface area contributed by atoms with Gasteiger partial charge in [-0.05, 0) is 18.9 Å². The van der Waals surface area contributed by atoms with Crippen molar-refractivity contribution in [3.63, 3.8) is 0 Å². The van der Waals surface area contributed by atoms with Crippen molar-refractivity contribution in [2.75, 3.05) is 55.1 Å². The lowest BCUT2D eigenvalue weighted by Crippen LogP contribution is -2.49. The Morgan fingerprint density at radius 1 is 1.06 bits per heavy atom. The number of aromatic nitrogens is 3. The van der Waals surface area contributed by atoms with Gasteiger partial charge in [0.25, 0.3) is 0 Å². The minimum absolute atomic E-state index is 0.0544. The molecule has 0 atom stereocenters. The molecule has 0 saturated carbocycles. The van der Waals surface area contributed by atoms with E-state index in [2.05, 4.69) is 19.7 Å². The summed E-state index contributed by atoms with van der Waals surface area (Å²) in [6.07, 6.45) is -0.269. The quantitative estimate of drug-likeness (QED) is 0.669. The second kappa shape index (κ2) is 9.41. The van der Waals surface area contributed by atoms with Gasteiger partial charge in [-0.25, -0.2) is 18.2 Å². The zero-order chi connectivity index (χ0) is 24.5. The Morgan fingerprint density at radius 3 is 2.35 bits per heavy atom. The van der Waals surface area contributed by atoms with Crippen LogP contribution in [0.1, 0.15) is 24.1 Å². The normalized spacial score (nSPS) is 17.9. The minimum atomic E-state index is -4.50. The van der Waals surface area contributed by atoms with Gasteiger partial charge < -0.3 is 9.80 Å². The molecule has 10 nitrogen and oxygen atoms in total. The summed E-state index contributed by atoms with van der Waals surface area (Å²) in [6.45, 7) is 3.67. The van der Waals surface area contributed by atoms with Gasteiger partial charge in [0.05, 0.1) is 6.26 Å². The number of anilines is 2. The predicted molar refractivity (Wildman–Crippen MR) is 119 cm³/mol. The molecule has 4 rings (SSSR count). The van der Waals surface area contributed by atoms with Crippen LogP contribution < -0.4 is 9.62 Å². The molecule has 0 bridgehead atoms.